The molecule has 138 valence electrons. The minimum atomic E-state index is -3.51. The molecule has 0 unspecified atom stereocenters. The van der Waals surface area contributed by atoms with Crippen molar-refractivity contribution in [3.05, 3.63) is 70.9 Å². The molecule has 0 saturated carbocycles. The largest absolute Gasteiger partial charge is 0.243 e. The first-order valence-electron chi connectivity index (χ1n) is 9.57. The van der Waals surface area contributed by atoms with E-state index < -0.39 is 10.0 Å². The van der Waals surface area contributed by atoms with Crippen molar-refractivity contribution in [3.63, 3.8) is 0 Å². The normalized spacial score (nSPS) is 17.1. The number of sulfonamides is 1. The number of hydrogen-bond acceptors (Lipinski definition) is 2. The topological polar surface area (TPSA) is 41.3 Å². The molecule has 27 heavy (non-hydrogen) atoms. The van der Waals surface area contributed by atoms with E-state index in [-0.39, 0.29) is 0 Å². The summed E-state index contributed by atoms with van der Waals surface area (Å²) in [5.74, 6) is 0. The highest BCUT2D eigenvalue weighted by Crippen LogP contribution is 2.31. The zero-order valence-electron chi connectivity index (χ0n) is 15.5. The quantitative estimate of drug-likeness (QED) is 0.642. The summed E-state index contributed by atoms with van der Waals surface area (Å²) in [4.78, 5) is 0.374. The summed E-state index contributed by atoms with van der Waals surface area (Å²) < 4.78 is 30.4. The molecule has 0 spiro atoms. The molecule has 0 atom stereocenters. The number of aryl methyl sites for hydroxylation is 3. The molecule has 3 aromatic rings. The lowest BCUT2D eigenvalue weighted by atomic mass is 10.0. The van der Waals surface area contributed by atoms with Gasteiger partial charge in [-0.25, -0.2) is 8.42 Å². The maximum Gasteiger partial charge on any atom is 0.243 e. The van der Waals surface area contributed by atoms with Crippen molar-refractivity contribution in [1.82, 2.24) is 4.31 Å². The average Bonchev–Trinajstić information content (AvgIpc) is 3.05. The Hall–Kier alpha value is -2.24. The fourth-order valence-electron chi connectivity index (χ4n) is 4.50. The monoisotopic (exact) mass is 379 g/mol. The van der Waals surface area contributed by atoms with Crippen molar-refractivity contribution >= 4 is 20.9 Å². The Bertz CT molecular complexity index is 1150. The van der Waals surface area contributed by atoms with Crippen LogP contribution in [0.15, 0.2) is 53.6 Å². The molecule has 5 heteroatoms. The van der Waals surface area contributed by atoms with E-state index in [0.29, 0.717) is 24.5 Å². The fourth-order valence-corrected chi connectivity index (χ4v) is 5.91. The van der Waals surface area contributed by atoms with Gasteiger partial charge in [-0.05, 0) is 49.9 Å². The number of rotatable bonds is 2. The Morgan fingerprint density at radius 1 is 1.00 bits per heavy atom. The fraction of sp³-hybridized carbons (Fsp3) is 0.318. The summed E-state index contributed by atoms with van der Waals surface area (Å²) in [6.45, 7) is 3.57. The molecule has 0 bridgehead atoms. The van der Waals surface area contributed by atoms with Crippen LogP contribution in [0.5, 0.6) is 0 Å². The summed E-state index contributed by atoms with van der Waals surface area (Å²) in [7, 11) is -3.51. The van der Waals surface area contributed by atoms with E-state index in [2.05, 4.69) is 29.0 Å². The molecule has 1 aliphatic carbocycles. The van der Waals surface area contributed by atoms with Gasteiger partial charge in [0.05, 0.1) is 16.8 Å². The molecule has 0 radical (unpaired) electrons. The van der Waals surface area contributed by atoms with E-state index >= 15 is 0 Å². The highest BCUT2D eigenvalue weighted by molar-refractivity contribution is 7.89. The van der Waals surface area contributed by atoms with Crippen LogP contribution in [0.3, 0.4) is 0 Å². The molecule has 0 N–H and O–H groups in total. The Balaban J connectivity index is 1.61. The lowest BCUT2D eigenvalue weighted by molar-refractivity contribution is -0.669. The molecule has 0 fully saturated rings. The number of fused-ring (bicyclic) bond motifs is 2. The Labute approximate surface area is 160 Å². The van der Waals surface area contributed by atoms with Gasteiger partial charge in [0, 0.05) is 17.7 Å². The first kappa shape index (κ1) is 16.9. The number of aromatic nitrogens is 1. The molecule has 1 aromatic heterocycles. The van der Waals surface area contributed by atoms with Crippen molar-refractivity contribution in [2.45, 2.75) is 44.2 Å². The van der Waals surface area contributed by atoms with Crippen LogP contribution in [0.2, 0.25) is 0 Å². The van der Waals surface area contributed by atoms with Gasteiger partial charge >= 0.3 is 0 Å². The zero-order valence-corrected chi connectivity index (χ0v) is 16.3. The van der Waals surface area contributed by atoms with Gasteiger partial charge < -0.3 is 0 Å². The third-order valence-corrected chi connectivity index (χ3v) is 7.76. The van der Waals surface area contributed by atoms with Crippen molar-refractivity contribution in [3.8, 4) is 0 Å². The van der Waals surface area contributed by atoms with Gasteiger partial charge in [0.15, 0.2) is 12.7 Å². The van der Waals surface area contributed by atoms with E-state index in [1.165, 1.54) is 28.5 Å². The Morgan fingerprint density at radius 3 is 2.63 bits per heavy atom. The standard InChI is InChI=1S/C22H23N2O2S/c1-16-8-10-19(11-9-16)27(25,26)24-13-12-23-14-17-4-2-6-20(17)21-7-3-5-18(15-24)22(21)23/h3,5,7-11,14H,2,4,6,12-13,15H2,1H3/q+1. The molecular formula is C22H23N2O2S+. The van der Waals surface area contributed by atoms with Crippen molar-refractivity contribution in [2.75, 3.05) is 6.54 Å². The lowest BCUT2D eigenvalue weighted by Crippen LogP contribution is -2.40. The van der Waals surface area contributed by atoms with Crippen LogP contribution in [0, 0.1) is 6.92 Å². The van der Waals surface area contributed by atoms with E-state index in [4.69, 9.17) is 0 Å². The van der Waals surface area contributed by atoms with Gasteiger partial charge in [-0.1, -0.05) is 29.8 Å². The Kier molecular flexibility index (Phi) is 3.85. The summed E-state index contributed by atoms with van der Waals surface area (Å²) in [6, 6.07) is 13.5. The second kappa shape index (κ2) is 6.14. The summed E-state index contributed by atoms with van der Waals surface area (Å²) in [5, 5.41) is 1.30. The maximum atomic E-state index is 13.2. The molecule has 2 aromatic carbocycles. The second-order valence-electron chi connectivity index (χ2n) is 7.64. The van der Waals surface area contributed by atoms with Crippen LogP contribution in [-0.2, 0) is 36.0 Å². The predicted molar refractivity (Wildman–Crippen MR) is 105 cm³/mol. The van der Waals surface area contributed by atoms with Crippen molar-refractivity contribution < 1.29 is 13.0 Å². The van der Waals surface area contributed by atoms with Crippen molar-refractivity contribution in [2.24, 2.45) is 0 Å². The second-order valence-corrected chi connectivity index (χ2v) is 9.58. The average molecular weight is 380 g/mol. The summed E-state index contributed by atoms with van der Waals surface area (Å²) in [6.07, 6.45) is 5.73. The number of hydrogen-bond donors (Lipinski definition) is 0. The van der Waals surface area contributed by atoms with E-state index in [1.807, 2.05) is 19.1 Å². The third kappa shape index (κ3) is 2.68. The number of nitrogens with zero attached hydrogens (tertiary/aromatic N) is 2. The van der Waals surface area contributed by atoms with Crippen LogP contribution < -0.4 is 4.57 Å². The van der Waals surface area contributed by atoms with E-state index in [0.717, 1.165) is 24.0 Å². The first-order chi connectivity index (χ1) is 13.0. The molecule has 5 rings (SSSR count). The van der Waals surface area contributed by atoms with Gasteiger partial charge in [0.2, 0.25) is 15.5 Å². The SMILES string of the molecule is Cc1ccc(S(=O)(=O)N2CC[n+]3cc4c(c5cccc(c53)C2)CCC4)cc1. The van der Waals surface area contributed by atoms with Crippen LogP contribution in [0.25, 0.3) is 10.9 Å². The molecule has 1 aliphatic heterocycles. The van der Waals surface area contributed by atoms with Gasteiger partial charge in [-0.3, -0.25) is 0 Å². The van der Waals surface area contributed by atoms with Crippen LogP contribution in [-0.4, -0.2) is 19.3 Å². The zero-order chi connectivity index (χ0) is 18.6. The van der Waals surface area contributed by atoms with E-state index in [1.54, 1.807) is 16.4 Å². The molecular weight excluding hydrogens is 356 g/mol. The first-order valence-corrected chi connectivity index (χ1v) is 11.0. The number of benzene rings is 2. The molecule has 0 amide bonds. The number of para-hydroxylation sites is 1. The number of pyridine rings is 1. The summed E-state index contributed by atoms with van der Waals surface area (Å²) in [5.41, 5.74) is 6.25. The minimum Gasteiger partial charge on any atom is -0.207 e. The molecule has 4 nitrogen and oxygen atoms in total. The van der Waals surface area contributed by atoms with Gasteiger partial charge in [0.25, 0.3) is 0 Å². The smallest absolute Gasteiger partial charge is 0.207 e. The maximum absolute atomic E-state index is 13.2. The minimum absolute atomic E-state index is 0.374. The molecule has 2 aliphatic rings. The van der Waals surface area contributed by atoms with Crippen LogP contribution >= 0.6 is 0 Å². The summed E-state index contributed by atoms with van der Waals surface area (Å²) >= 11 is 0. The van der Waals surface area contributed by atoms with E-state index in [9.17, 15) is 8.42 Å². The Morgan fingerprint density at radius 2 is 1.81 bits per heavy atom. The van der Waals surface area contributed by atoms with Gasteiger partial charge in [-0.15, -0.1) is 0 Å². The lowest BCUT2D eigenvalue weighted by Gasteiger charge is -2.19. The highest BCUT2D eigenvalue weighted by Gasteiger charge is 2.32. The molecule has 2 heterocycles. The van der Waals surface area contributed by atoms with Crippen LogP contribution in [0.1, 0.15) is 28.7 Å². The van der Waals surface area contributed by atoms with Crippen molar-refractivity contribution in [1.29, 1.82) is 0 Å². The van der Waals surface area contributed by atoms with Crippen LogP contribution in [0.4, 0.5) is 0 Å². The van der Waals surface area contributed by atoms with Gasteiger partial charge in [0.1, 0.15) is 0 Å². The van der Waals surface area contributed by atoms with Gasteiger partial charge in [-0.2, -0.15) is 8.87 Å². The third-order valence-electron chi connectivity index (χ3n) is 5.90. The molecule has 0 saturated heterocycles. The highest BCUT2D eigenvalue weighted by atomic mass is 32.2. The predicted octanol–water partition coefficient (Wildman–Crippen LogP) is 3.13.